The number of rotatable bonds is 7. The predicted molar refractivity (Wildman–Crippen MR) is 66.7 cm³/mol. The summed E-state index contributed by atoms with van der Waals surface area (Å²) in [6.07, 6.45) is 0.366. The van der Waals surface area contributed by atoms with Crippen LogP contribution in [0.25, 0.3) is 0 Å². The molecule has 1 unspecified atom stereocenters. The van der Waals surface area contributed by atoms with Gasteiger partial charge in [0.15, 0.2) is 6.29 Å². The third-order valence-corrected chi connectivity index (χ3v) is 4.57. The minimum Gasteiger partial charge on any atom is -0.481 e. The number of hydrogen-bond acceptors (Lipinski definition) is 5. The molecule has 112 valence electrons. The van der Waals surface area contributed by atoms with E-state index in [0.29, 0.717) is 19.4 Å². The number of carbonyl (C=O) groups is 1. The van der Waals surface area contributed by atoms with E-state index in [2.05, 4.69) is 4.72 Å². The molecule has 1 aliphatic heterocycles. The summed E-state index contributed by atoms with van der Waals surface area (Å²) in [7, 11) is -0.892. The van der Waals surface area contributed by atoms with E-state index in [1.165, 1.54) is 14.2 Å². The van der Waals surface area contributed by atoms with E-state index >= 15 is 0 Å². The highest BCUT2D eigenvalue weighted by molar-refractivity contribution is 7.87. The van der Waals surface area contributed by atoms with Crippen LogP contribution < -0.4 is 4.72 Å². The summed E-state index contributed by atoms with van der Waals surface area (Å²) >= 11 is 0. The Morgan fingerprint density at radius 2 is 2.11 bits per heavy atom. The number of methoxy groups -OCH3 is 2. The van der Waals surface area contributed by atoms with Gasteiger partial charge in [-0.1, -0.05) is 0 Å². The third-order valence-electron chi connectivity index (χ3n) is 3.03. The molecule has 2 N–H and O–H groups in total. The monoisotopic (exact) mass is 296 g/mol. The molecule has 1 heterocycles. The van der Waals surface area contributed by atoms with Crippen LogP contribution in [0.2, 0.25) is 0 Å². The maximum Gasteiger partial charge on any atom is 0.307 e. The predicted octanol–water partition coefficient (Wildman–Crippen LogP) is -0.764. The van der Waals surface area contributed by atoms with Crippen molar-refractivity contribution in [2.75, 3.05) is 33.9 Å². The molecule has 0 aliphatic carbocycles. The summed E-state index contributed by atoms with van der Waals surface area (Å²) in [6, 6.07) is 0. The van der Waals surface area contributed by atoms with E-state index in [-0.39, 0.29) is 13.1 Å². The maximum absolute atomic E-state index is 12.0. The second kappa shape index (κ2) is 7.15. The number of aliphatic carboxylic acids is 1. The topological polar surface area (TPSA) is 105 Å². The van der Waals surface area contributed by atoms with Crippen LogP contribution in [-0.4, -0.2) is 63.9 Å². The number of carboxylic acid groups (broad SMARTS) is 1. The first-order valence-electron chi connectivity index (χ1n) is 5.94. The van der Waals surface area contributed by atoms with E-state index in [9.17, 15) is 13.2 Å². The number of nitrogens with one attached hydrogen (secondary N) is 1. The van der Waals surface area contributed by atoms with Gasteiger partial charge in [0.1, 0.15) is 0 Å². The van der Waals surface area contributed by atoms with Crippen LogP contribution >= 0.6 is 0 Å². The van der Waals surface area contributed by atoms with Crippen LogP contribution in [0.3, 0.4) is 0 Å². The molecule has 0 aromatic rings. The Hall–Kier alpha value is -0.740. The van der Waals surface area contributed by atoms with Gasteiger partial charge in [-0.15, -0.1) is 0 Å². The molecule has 0 saturated carbocycles. The number of nitrogens with zero attached hydrogens (tertiary/aromatic N) is 1. The fourth-order valence-corrected chi connectivity index (χ4v) is 3.16. The number of carboxylic acids is 1. The van der Waals surface area contributed by atoms with Crippen molar-refractivity contribution >= 4 is 16.2 Å². The van der Waals surface area contributed by atoms with Gasteiger partial charge in [-0.05, 0) is 12.8 Å². The molecule has 0 aromatic carbocycles. The summed E-state index contributed by atoms with van der Waals surface area (Å²) in [4.78, 5) is 10.9. The van der Waals surface area contributed by atoms with Gasteiger partial charge in [0, 0.05) is 27.3 Å². The number of hydrogen-bond donors (Lipinski definition) is 2. The quantitative estimate of drug-likeness (QED) is 0.598. The lowest BCUT2D eigenvalue weighted by Gasteiger charge is -2.30. The van der Waals surface area contributed by atoms with Crippen LogP contribution in [0.1, 0.15) is 12.8 Å². The highest BCUT2D eigenvalue weighted by Gasteiger charge is 2.32. The zero-order chi connectivity index (χ0) is 14.5. The van der Waals surface area contributed by atoms with Crippen LogP contribution in [-0.2, 0) is 24.5 Å². The molecule has 1 atom stereocenters. The van der Waals surface area contributed by atoms with Crippen molar-refractivity contribution in [3.63, 3.8) is 0 Å². The zero-order valence-electron chi connectivity index (χ0n) is 11.0. The minimum atomic E-state index is -3.71. The maximum atomic E-state index is 12.0. The van der Waals surface area contributed by atoms with Crippen molar-refractivity contribution in [1.29, 1.82) is 0 Å². The van der Waals surface area contributed by atoms with Crippen molar-refractivity contribution in [2.45, 2.75) is 19.1 Å². The van der Waals surface area contributed by atoms with Crippen molar-refractivity contribution in [1.82, 2.24) is 9.03 Å². The van der Waals surface area contributed by atoms with E-state index in [1.807, 2.05) is 0 Å². The van der Waals surface area contributed by atoms with Gasteiger partial charge in [0.05, 0.1) is 12.5 Å². The first kappa shape index (κ1) is 16.3. The average Bonchev–Trinajstić information content (AvgIpc) is 2.40. The fraction of sp³-hybridized carbons (Fsp3) is 0.900. The molecule has 9 heteroatoms. The molecule has 0 spiro atoms. The molecule has 0 amide bonds. The van der Waals surface area contributed by atoms with Gasteiger partial charge in [-0.2, -0.15) is 17.4 Å². The summed E-state index contributed by atoms with van der Waals surface area (Å²) < 4.78 is 37.3. The molecule has 0 aromatic heterocycles. The smallest absolute Gasteiger partial charge is 0.307 e. The molecule has 19 heavy (non-hydrogen) atoms. The largest absolute Gasteiger partial charge is 0.481 e. The summed E-state index contributed by atoms with van der Waals surface area (Å²) in [5.41, 5.74) is 0. The highest BCUT2D eigenvalue weighted by atomic mass is 32.2. The van der Waals surface area contributed by atoms with Crippen LogP contribution in [0, 0.1) is 5.92 Å². The van der Waals surface area contributed by atoms with Crippen molar-refractivity contribution in [3.05, 3.63) is 0 Å². The van der Waals surface area contributed by atoms with Gasteiger partial charge in [-0.3, -0.25) is 4.79 Å². The van der Waals surface area contributed by atoms with Gasteiger partial charge in [0.2, 0.25) is 0 Å². The Bertz CT molecular complexity index is 395. The molecular weight excluding hydrogens is 276 g/mol. The van der Waals surface area contributed by atoms with Crippen molar-refractivity contribution in [2.24, 2.45) is 5.92 Å². The van der Waals surface area contributed by atoms with E-state index in [0.717, 1.165) is 4.31 Å². The first-order valence-corrected chi connectivity index (χ1v) is 7.38. The van der Waals surface area contributed by atoms with Gasteiger partial charge in [-0.25, -0.2) is 0 Å². The van der Waals surface area contributed by atoms with Gasteiger partial charge < -0.3 is 14.6 Å². The molecule has 0 bridgehead atoms. The Balaban J connectivity index is 2.59. The number of ether oxygens (including phenoxy) is 2. The summed E-state index contributed by atoms with van der Waals surface area (Å²) in [5.74, 6) is -1.61. The van der Waals surface area contributed by atoms with Crippen molar-refractivity contribution in [3.8, 4) is 0 Å². The molecule has 8 nitrogen and oxygen atoms in total. The summed E-state index contributed by atoms with van der Waals surface area (Å²) in [5, 5.41) is 8.93. The van der Waals surface area contributed by atoms with Crippen LogP contribution in [0.15, 0.2) is 0 Å². The fourth-order valence-electron chi connectivity index (χ4n) is 1.89. The Kier molecular flexibility index (Phi) is 6.14. The lowest BCUT2D eigenvalue weighted by Crippen LogP contribution is -2.49. The molecular formula is C10H20N2O6S. The van der Waals surface area contributed by atoms with Gasteiger partial charge in [0.25, 0.3) is 10.2 Å². The minimum absolute atomic E-state index is 0.00467. The number of piperidine rings is 1. The molecule has 1 saturated heterocycles. The molecule has 1 rings (SSSR count). The highest BCUT2D eigenvalue weighted by Crippen LogP contribution is 2.18. The second-order valence-corrected chi connectivity index (χ2v) is 6.05. The van der Waals surface area contributed by atoms with Crippen molar-refractivity contribution < 1.29 is 27.8 Å². The van der Waals surface area contributed by atoms with E-state index in [4.69, 9.17) is 14.6 Å². The van der Waals surface area contributed by atoms with Crippen LogP contribution in [0.5, 0.6) is 0 Å². The lowest BCUT2D eigenvalue weighted by atomic mass is 10.0. The second-order valence-electron chi connectivity index (χ2n) is 4.29. The Morgan fingerprint density at radius 1 is 1.47 bits per heavy atom. The van der Waals surface area contributed by atoms with E-state index < -0.39 is 28.4 Å². The molecule has 0 radical (unpaired) electrons. The standard InChI is InChI=1S/C10H20N2O6S/c1-17-9(18-2)6-11-19(15,16)12-5-3-4-8(7-12)10(13)14/h8-9,11H,3-7H2,1-2H3,(H,13,14). The SMILES string of the molecule is COC(CNS(=O)(=O)N1CCCC(C(=O)O)C1)OC. The molecule has 1 fully saturated rings. The Labute approximate surface area is 112 Å². The van der Waals surface area contributed by atoms with E-state index in [1.54, 1.807) is 0 Å². The van der Waals surface area contributed by atoms with Gasteiger partial charge >= 0.3 is 5.97 Å². The first-order chi connectivity index (χ1) is 8.90. The Morgan fingerprint density at radius 3 is 2.63 bits per heavy atom. The zero-order valence-corrected chi connectivity index (χ0v) is 11.9. The summed E-state index contributed by atoms with van der Waals surface area (Å²) in [6.45, 7) is 0.294. The molecule has 1 aliphatic rings. The lowest BCUT2D eigenvalue weighted by molar-refractivity contribution is -0.142. The normalized spacial score (nSPS) is 21.7. The van der Waals surface area contributed by atoms with Crippen LogP contribution in [0.4, 0.5) is 0 Å². The average molecular weight is 296 g/mol. The third kappa shape index (κ3) is 4.69.